The van der Waals surface area contributed by atoms with Gasteiger partial charge in [0.15, 0.2) is 0 Å². The summed E-state index contributed by atoms with van der Waals surface area (Å²) in [7, 11) is 0. The minimum Gasteiger partial charge on any atom is -0.301 e. The van der Waals surface area contributed by atoms with Crippen LogP contribution in [0.3, 0.4) is 0 Å². The van der Waals surface area contributed by atoms with E-state index in [1.165, 1.54) is 4.90 Å². The van der Waals surface area contributed by atoms with Gasteiger partial charge in [-0.25, -0.2) is 0 Å². The third kappa shape index (κ3) is 5.96. The minimum absolute atomic E-state index is 0.528. The van der Waals surface area contributed by atoms with Crippen LogP contribution in [0.5, 0.6) is 0 Å². The van der Waals surface area contributed by atoms with Crippen molar-refractivity contribution >= 4 is 12.6 Å². The zero-order valence-corrected chi connectivity index (χ0v) is 10.2. The Hall–Kier alpha value is 0.0600. The molecule has 0 aromatic rings. The summed E-state index contributed by atoms with van der Waals surface area (Å²) in [5, 5.41) is 0. The fraction of sp³-hybridized carbons (Fsp3) is 1.00. The molecule has 1 heterocycles. The van der Waals surface area contributed by atoms with E-state index in [2.05, 4.69) is 17.5 Å². The van der Waals surface area contributed by atoms with E-state index in [1.807, 2.05) is 0 Å². The highest BCUT2D eigenvalue weighted by atomic mass is 32.1. The van der Waals surface area contributed by atoms with Gasteiger partial charge in [0, 0.05) is 26.2 Å². The predicted octanol–water partition coefficient (Wildman–Crippen LogP) is 1.88. The second kappa shape index (κ2) is 6.71. The summed E-state index contributed by atoms with van der Waals surface area (Å²) in [4.78, 5) is 3.71. The number of hydrogen-bond acceptors (Lipinski definition) is 3. The van der Waals surface area contributed by atoms with Crippen LogP contribution in [0.25, 0.3) is 0 Å². The van der Waals surface area contributed by atoms with Crippen LogP contribution in [0.2, 0.25) is 0 Å². The van der Waals surface area contributed by atoms with Crippen LogP contribution in [0.1, 0.15) is 12.8 Å². The average Bonchev–Trinajstić information content (AvgIpc) is 2.19. The van der Waals surface area contributed by atoms with Gasteiger partial charge in [-0.15, -0.1) is 0 Å². The van der Waals surface area contributed by atoms with Gasteiger partial charge < -0.3 is 4.90 Å². The van der Waals surface area contributed by atoms with E-state index in [9.17, 15) is 13.2 Å². The van der Waals surface area contributed by atoms with Crippen molar-refractivity contribution in [2.75, 3.05) is 45.0 Å². The summed E-state index contributed by atoms with van der Waals surface area (Å²) < 4.78 is 36.4. The summed E-state index contributed by atoms with van der Waals surface area (Å²) in [5.74, 6) is 0.883. The molecule has 0 aromatic carbocycles. The quantitative estimate of drug-likeness (QED) is 0.593. The molecule has 0 spiro atoms. The third-order valence-corrected chi connectivity index (χ3v) is 3.07. The third-order valence-electron chi connectivity index (χ3n) is 2.75. The van der Waals surface area contributed by atoms with E-state index in [0.717, 1.165) is 38.2 Å². The lowest BCUT2D eigenvalue weighted by Gasteiger charge is -2.34. The molecule has 0 aliphatic carbocycles. The Morgan fingerprint density at radius 3 is 2.00 bits per heavy atom. The number of unbranched alkanes of at least 4 members (excludes halogenated alkanes) is 1. The molecule has 0 amide bonds. The first-order valence-corrected chi connectivity index (χ1v) is 6.27. The number of rotatable bonds is 5. The number of thiol groups is 1. The van der Waals surface area contributed by atoms with Gasteiger partial charge in [0.1, 0.15) is 0 Å². The highest BCUT2D eigenvalue weighted by molar-refractivity contribution is 7.80. The van der Waals surface area contributed by atoms with Crippen LogP contribution in [0, 0.1) is 0 Å². The largest absolute Gasteiger partial charge is 0.401 e. The van der Waals surface area contributed by atoms with Crippen molar-refractivity contribution in [3.63, 3.8) is 0 Å². The molecule has 0 aromatic heterocycles. The van der Waals surface area contributed by atoms with E-state index in [4.69, 9.17) is 0 Å². The lowest BCUT2D eigenvalue weighted by Crippen LogP contribution is -2.49. The molecule has 1 aliphatic rings. The summed E-state index contributed by atoms with van der Waals surface area (Å²) >= 11 is 4.13. The minimum atomic E-state index is -4.06. The molecule has 1 saturated heterocycles. The smallest absolute Gasteiger partial charge is 0.301 e. The molecule has 0 radical (unpaired) electrons. The molecular weight excluding hydrogens is 237 g/mol. The molecule has 1 fully saturated rings. The van der Waals surface area contributed by atoms with Crippen molar-refractivity contribution in [1.29, 1.82) is 0 Å². The highest BCUT2D eigenvalue weighted by Gasteiger charge is 2.31. The molecule has 6 heteroatoms. The number of hydrogen-bond donors (Lipinski definition) is 1. The number of halogens is 3. The first kappa shape index (κ1) is 14.1. The Bertz CT molecular complexity index is 191. The molecule has 0 saturated carbocycles. The maximum atomic E-state index is 12.1. The van der Waals surface area contributed by atoms with E-state index in [-0.39, 0.29) is 0 Å². The second-order valence-electron chi connectivity index (χ2n) is 4.16. The van der Waals surface area contributed by atoms with Gasteiger partial charge in [0.2, 0.25) is 0 Å². The van der Waals surface area contributed by atoms with Crippen molar-refractivity contribution in [2.24, 2.45) is 0 Å². The summed E-state index contributed by atoms with van der Waals surface area (Å²) in [5.41, 5.74) is 0. The molecule has 96 valence electrons. The number of alkyl halides is 3. The Kier molecular flexibility index (Phi) is 5.92. The standard InChI is InChI=1S/C10H19F3N2S/c11-10(12,13)9-15-6-4-14(5-7-15)3-1-2-8-16/h16H,1-9H2. The van der Waals surface area contributed by atoms with Gasteiger partial charge in [-0.2, -0.15) is 25.8 Å². The summed E-state index contributed by atoms with van der Waals surface area (Å²) in [6.07, 6.45) is -1.90. The van der Waals surface area contributed by atoms with Gasteiger partial charge in [0.05, 0.1) is 6.54 Å². The van der Waals surface area contributed by atoms with Gasteiger partial charge in [-0.3, -0.25) is 4.90 Å². The van der Waals surface area contributed by atoms with E-state index in [1.54, 1.807) is 0 Å². The van der Waals surface area contributed by atoms with Gasteiger partial charge in [-0.05, 0) is 25.1 Å². The zero-order chi connectivity index (χ0) is 12.0. The Morgan fingerprint density at radius 1 is 0.938 bits per heavy atom. The first-order chi connectivity index (χ1) is 7.51. The summed E-state index contributed by atoms with van der Waals surface area (Å²) in [6.45, 7) is 2.78. The van der Waals surface area contributed by atoms with Crippen molar-refractivity contribution in [3.8, 4) is 0 Å². The molecule has 0 atom stereocenters. The molecular formula is C10H19F3N2S. The Labute approximate surface area is 100 Å². The molecule has 0 N–H and O–H groups in total. The van der Waals surface area contributed by atoms with E-state index < -0.39 is 12.7 Å². The monoisotopic (exact) mass is 256 g/mol. The zero-order valence-electron chi connectivity index (χ0n) is 9.34. The van der Waals surface area contributed by atoms with E-state index in [0.29, 0.717) is 13.1 Å². The van der Waals surface area contributed by atoms with Crippen LogP contribution in [-0.4, -0.2) is 61.0 Å². The fourth-order valence-electron chi connectivity index (χ4n) is 1.87. The fourth-order valence-corrected chi connectivity index (χ4v) is 2.10. The molecule has 16 heavy (non-hydrogen) atoms. The Morgan fingerprint density at radius 2 is 1.50 bits per heavy atom. The maximum Gasteiger partial charge on any atom is 0.401 e. The number of nitrogens with zero attached hydrogens (tertiary/aromatic N) is 2. The first-order valence-electron chi connectivity index (χ1n) is 5.63. The lowest BCUT2D eigenvalue weighted by atomic mass is 10.2. The van der Waals surface area contributed by atoms with Crippen molar-refractivity contribution < 1.29 is 13.2 Å². The van der Waals surface area contributed by atoms with Crippen molar-refractivity contribution in [2.45, 2.75) is 19.0 Å². The number of piperazine rings is 1. The van der Waals surface area contributed by atoms with Gasteiger partial charge in [-0.1, -0.05) is 0 Å². The highest BCUT2D eigenvalue weighted by Crippen LogP contribution is 2.17. The molecule has 0 bridgehead atoms. The topological polar surface area (TPSA) is 6.48 Å². The normalized spacial score (nSPS) is 20.2. The van der Waals surface area contributed by atoms with E-state index >= 15 is 0 Å². The van der Waals surface area contributed by atoms with Crippen LogP contribution in [-0.2, 0) is 0 Å². The second-order valence-corrected chi connectivity index (χ2v) is 4.61. The average molecular weight is 256 g/mol. The van der Waals surface area contributed by atoms with Crippen molar-refractivity contribution in [3.05, 3.63) is 0 Å². The SMILES string of the molecule is FC(F)(F)CN1CCN(CCCCS)CC1. The Balaban J connectivity index is 2.13. The summed E-state index contributed by atoms with van der Waals surface area (Å²) in [6, 6.07) is 0. The molecule has 2 nitrogen and oxygen atoms in total. The predicted molar refractivity (Wildman–Crippen MR) is 62.0 cm³/mol. The lowest BCUT2D eigenvalue weighted by molar-refractivity contribution is -0.149. The van der Waals surface area contributed by atoms with Gasteiger partial charge in [0.25, 0.3) is 0 Å². The molecule has 1 rings (SSSR count). The molecule has 0 unspecified atom stereocenters. The van der Waals surface area contributed by atoms with Crippen LogP contribution in [0.4, 0.5) is 13.2 Å². The molecule has 1 aliphatic heterocycles. The maximum absolute atomic E-state index is 12.1. The van der Waals surface area contributed by atoms with Crippen LogP contribution < -0.4 is 0 Å². The van der Waals surface area contributed by atoms with Gasteiger partial charge >= 0.3 is 6.18 Å². The van der Waals surface area contributed by atoms with Crippen LogP contribution >= 0.6 is 12.6 Å². The van der Waals surface area contributed by atoms with Crippen molar-refractivity contribution in [1.82, 2.24) is 9.80 Å². The van der Waals surface area contributed by atoms with Crippen LogP contribution in [0.15, 0.2) is 0 Å².